The summed E-state index contributed by atoms with van der Waals surface area (Å²) in [6.45, 7) is 0.465. The summed E-state index contributed by atoms with van der Waals surface area (Å²) in [4.78, 5) is 14.8. The van der Waals surface area contributed by atoms with Gasteiger partial charge in [-0.25, -0.2) is 4.39 Å². The second-order valence-corrected chi connectivity index (χ2v) is 6.01. The third kappa shape index (κ3) is 4.24. The van der Waals surface area contributed by atoms with Gasteiger partial charge in [0.15, 0.2) is 0 Å². The van der Waals surface area contributed by atoms with Gasteiger partial charge < -0.3 is 10.6 Å². The number of thiocarbonyl (C=S) groups is 1. The predicted molar refractivity (Wildman–Crippen MR) is 85.7 cm³/mol. The molecule has 1 fully saturated rings. The maximum absolute atomic E-state index is 13.9. The number of nitrogens with zero attached hydrogens (tertiary/aromatic N) is 1. The van der Waals surface area contributed by atoms with Gasteiger partial charge in [0, 0.05) is 19.0 Å². The maximum Gasteiger partial charge on any atom is 0.257 e. The molecule has 0 heterocycles. The molecule has 1 saturated carbocycles. The number of nitrogens with two attached hydrogens (primary N) is 1. The van der Waals surface area contributed by atoms with E-state index in [1.54, 1.807) is 17.0 Å². The molecule has 2 N–H and O–H groups in total. The summed E-state index contributed by atoms with van der Waals surface area (Å²) in [5.41, 5.74) is 5.69. The summed E-state index contributed by atoms with van der Waals surface area (Å²) < 4.78 is 13.9. The zero-order valence-electron chi connectivity index (χ0n) is 12.1. The molecule has 3 nitrogen and oxygen atoms in total. The fourth-order valence-corrected chi connectivity index (χ4v) is 2.95. The Kier molecular flexibility index (Phi) is 5.67. The molecule has 1 aromatic rings. The molecule has 1 aliphatic rings. The topological polar surface area (TPSA) is 46.3 Å². The number of benzene rings is 1. The highest BCUT2D eigenvalue weighted by Gasteiger charge is 2.27. The Morgan fingerprint density at radius 3 is 2.57 bits per heavy atom. The van der Waals surface area contributed by atoms with Crippen molar-refractivity contribution in [3.8, 4) is 0 Å². The van der Waals surface area contributed by atoms with Crippen molar-refractivity contribution in [2.75, 3.05) is 6.54 Å². The lowest BCUT2D eigenvalue weighted by molar-refractivity contribution is 0.0636. The molecule has 0 radical (unpaired) electrons. The second kappa shape index (κ2) is 7.50. The van der Waals surface area contributed by atoms with Gasteiger partial charge in [-0.3, -0.25) is 4.79 Å². The molecule has 0 unspecified atom stereocenters. The van der Waals surface area contributed by atoms with Crippen LogP contribution in [-0.2, 0) is 0 Å². The summed E-state index contributed by atoms with van der Waals surface area (Å²) in [7, 11) is 0. The molecule has 0 saturated heterocycles. The largest absolute Gasteiger partial charge is 0.393 e. The van der Waals surface area contributed by atoms with Crippen LogP contribution in [0, 0.1) is 5.82 Å². The van der Waals surface area contributed by atoms with Gasteiger partial charge in [0.1, 0.15) is 5.82 Å². The van der Waals surface area contributed by atoms with E-state index in [1.807, 2.05) is 0 Å². The highest BCUT2D eigenvalue weighted by atomic mass is 32.1. The SMILES string of the molecule is NC(=S)CCN(C(=O)c1ccccc1F)C1CCCCC1. The number of rotatable bonds is 5. The van der Waals surface area contributed by atoms with Crippen LogP contribution in [0.2, 0.25) is 0 Å². The molecular formula is C16H21FN2OS. The minimum absolute atomic E-state index is 0.131. The quantitative estimate of drug-likeness (QED) is 0.849. The van der Waals surface area contributed by atoms with Crippen LogP contribution in [0.5, 0.6) is 0 Å². The zero-order chi connectivity index (χ0) is 15.2. The van der Waals surface area contributed by atoms with Gasteiger partial charge in [0.2, 0.25) is 0 Å². The van der Waals surface area contributed by atoms with Crippen LogP contribution in [0.4, 0.5) is 4.39 Å². The number of halogens is 1. The standard InChI is InChI=1S/C16H21FN2OS/c17-14-9-5-4-8-13(14)16(20)19(11-10-15(18)21)12-6-2-1-3-7-12/h4-5,8-9,12H,1-3,6-7,10-11H2,(H2,18,21). The van der Waals surface area contributed by atoms with Crippen LogP contribution < -0.4 is 5.73 Å². The van der Waals surface area contributed by atoms with Crippen molar-refractivity contribution in [2.45, 2.75) is 44.6 Å². The Hall–Kier alpha value is -1.49. The molecule has 5 heteroatoms. The Morgan fingerprint density at radius 1 is 1.29 bits per heavy atom. The second-order valence-electron chi connectivity index (χ2n) is 5.49. The van der Waals surface area contributed by atoms with Crippen molar-refractivity contribution < 1.29 is 9.18 Å². The Balaban J connectivity index is 2.18. The van der Waals surface area contributed by atoms with E-state index in [0.29, 0.717) is 18.0 Å². The average molecular weight is 308 g/mol. The van der Waals surface area contributed by atoms with E-state index in [1.165, 1.54) is 18.6 Å². The Labute approximate surface area is 130 Å². The lowest BCUT2D eigenvalue weighted by atomic mass is 9.93. The van der Waals surface area contributed by atoms with E-state index >= 15 is 0 Å². The van der Waals surface area contributed by atoms with Crippen LogP contribution in [0.1, 0.15) is 48.9 Å². The molecule has 1 amide bonds. The summed E-state index contributed by atoms with van der Waals surface area (Å²) in [6.07, 6.45) is 5.84. The molecule has 0 aromatic heterocycles. The molecule has 1 aromatic carbocycles. The van der Waals surface area contributed by atoms with Crippen molar-refractivity contribution in [3.63, 3.8) is 0 Å². The van der Waals surface area contributed by atoms with Crippen LogP contribution in [-0.4, -0.2) is 28.4 Å². The fourth-order valence-electron chi connectivity index (χ4n) is 2.86. The van der Waals surface area contributed by atoms with Crippen LogP contribution in [0.3, 0.4) is 0 Å². The van der Waals surface area contributed by atoms with Crippen molar-refractivity contribution >= 4 is 23.1 Å². The third-order valence-corrected chi connectivity index (χ3v) is 4.18. The molecule has 0 spiro atoms. The van der Waals surface area contributed by atoms with Crippen LogP contribution in [0.25, 0.3) is 0 Å². The van der Waals surface area contributed by atoms with E-state index < -0.39 is 5.82 Å². The van der Waals surface area contributed by atoms with Gasteiger partial charge in [0.05, 0.1) is 10.6 Å². The van der Waals surface area contributed by atoms with E-state index in [4.69, 9.17) is 18.0 Å². The van der Waals surface area contributed by atoms with Gasteiger partial charge in [0.25, 0.3) is 5.91 Å². The first kappa shape index (κ1) is 15.9. The Morgan fingerprint density at radius 2 is 1.95 bits per heavy atom. The lowest BCUT2D eigenvalue weighted by Gasteiger charge is -2.34. The minimum atomic E-state index is -0.473. The number of carbonyl (C=O) groups is 1. The first-order chi connectivity index (χ1) is 10.1. The van der Waals surface area contributed by atoms with E-state index in [-0.39, 0.29) is 17.5 Å². The average Bonchev–Trinajstić information content (AvgIpc) is 2.48. The number of hydrogen-bond donors (Lipinski definition) is 1. The normalized spacial score (nSPS) is 15.7. The van der Waals surface area contributed by atoms with Crippen molar-refractivity contribution in [2.24, 2.45) is 5.73 Å². The summed E-state index contributed by atoms with van der Waals surface area (Å²) in [6, 6.07) is 6.29. The van der Waals surface area contributed by atoms with Crippen molar-refractivity contribution in [1.82, 2.24) is 4.90 Å². The van der Waals surface area contributed by atoms with Crippen molar-refractivity contribution in [3.05, 3.63) is 35.6 Å². The van der Waals surface area contributed by atoms with Gasteiger partial charge in [-0.1, -0.05) is 43.6 Å². The first-order valence-corrected chi connectivity index (χ1v) is 7.84. The minimum Gasteiger partial charge on any atom is -0.393 e. The first-order valence-electron chi connectivity index (χ1n) is 7.43. The molecule has 21 heavy (non-hydrogen) atoms. The van der Waals surface area contributed by atoms with Gasteiger partial charge in [-0.2, -0.15) is 0 Å². The van der Waals surface area contributed by atoms with Gasteiger partial charge >= 0.3 is 0 Å². The molecule has 0 aliphatic heterocycles. The lowest BCUT2D eigenvalue weighted by Crippen LogP contribution is -2.43. The summed E-state index contributed by atoms with van der Waals surface area (Å²) >= 11 is 4.91. The smallest absolute Gasteiger partial charge is 0.257 e. The van der Waals surface area contributed by atoms with Gasteiger partial charge in [-0.05, 0) is 25.0 Å². The maximum atomic E-state index is 13.9. The summed E-state index contributed by atoms with van der Waals surface area (Å²) in [5, 5.41) is 0. The van der Waals surface area contributed by atoms with Crippen molar-refractivity contribution in [1.29, 1.82) is 0 Å². The zero-order valence-corrected chi connectivity index (χ0v) is 12.9. The predicted octanol–water partition coefficient (Wildman–Crippen LogP) is 3.28. The van der Waals surface area contributed by atoms with Gasteiger partial charge in [-0.15, -0.1) is 0 Å². The molecular weight excluding hydrogens is 287 g/mol. The summed E-state index contributed by atoms with van der Waals surface area (Å²) in [5.74, 6) is -0.727. The van der Waals surface area contributed by atoms with Crippen LogP contribution in [0.15, 0.2) is 24.3 Å². The monoisotopic (exact) mass is 308 g/mol. The molecule has 0 bridgehead atoms. The van der Waals surface area contributed by atoms with Crippen LogP contribution >= 0.6 is 12.2 Å². The highest BCUT2D eigenvalue weighted by Crippen LogP contribution is 2.24. The Bertz CT molecular complexity index is 515. The van der Waals surface area contributed by atoms with E-state index in [0.717, 1.165) is 25.7 Å². The highest BCUT2D eigenvalue weighted by molar-refractivity contribution is 7.80. The number of carbonyl (C=O) groups excluding carboxylic acids is 1. The molecule has 0 atom stereocenters. The van der Waals surface area contributed by atoms with E-state index in [9.17, 15) is 9.18 Å². The fraction of sp³-hybridized carbons (Fsp3) is 0.500. The molecule has 2 rings (SSSR count). The third-order valence-electron chi connectivity index (χ3n) is 3.98. The molecule has 1 aliphatic carbocycles. The number of hydrogen-bond acceptors (Lipinski definition) is 2. The molecule has 114 valence electrons. The van der Waals surface area contributed by atoms with E-state index in [2.05, 4.69) is 0 Å². The number of amides is 1.